The quantitative estimate of drug-likeness (QED) is 0.640. The zero-order valence-electron chi connectivity index (χ0n) is 2.05. The van der Waals surface area contributed by atoms with Crippen molar-refractivity contribution in [1.82, 2.24) is 0 Å². The van der Waals surface area contributed by atoms with E-state index in [0.717, 1.165) is 0 Å². The van der Waals surface area contributed by atoms with E-state index in [9.17, 15) is 0 Å². The van der Waals surface area contributed by atoms with Crippen LogP contribution in [0, 0.1) is 0 Å². The molecule has 0 saturated heterocycles. The van der Waals surface area contributed by atoms with Crippen LogP contribution in [-0.2, 0) is 19.6 Å². The summed E-state index contributed by atoms with van der Waals surface area (Å²) in [5, 5.41) is 0. The van der Waals surface area contributed by atoms with Gasteiger partial charge in [0, 0.05) is 0 Å². The van der Waals surface area contributed by atoms with Gasteiger partial charge in [0.25, 0.3) is 0 Å². The van der Waals surface area contributed by atoms with Gasteiger partial charge in [0.2, 0.25) is 0 Å². The van der Waals surface area contributed by atoms with Crippen LogP contribution in [0.3, 0.4) is 0 Å². The molecule has 0 unspecified atom stereocenters. The molecule has 0 N–H and O–H groups in total. The normalized spacial score (nSPS) is 5.50. The molecule has 1 nitrogen and oxygen atoms in total. The van der Waals surface area contributed by atoms with Crippen LogP contribution in [0.5, 0.6) is 0 Å². The molecule has 0 saturated carbocycles. The summed E-state index contributed by atoms with van der Waals surface area (Å²) in [7, 11) is 0. The minimum absolute atomic E-state index is 1.49. The van der Waals surface area contributed by atoms with E-state index in [1.165, 1.54) is 6.20 Å². The first-order valence-electron chi connectivity index (χ1n) is 0.808. The van der Waals surface area contributed by atoms with E-state index in [1.807, 2.05) is 19.6 Å². The number of rotatable bonds is 1. The standard InChI is InChI=1S/C2H3N.Pt/c1-2-3;/h2H,1H2;. The second-order valence-electron chi connectivity index (χ2n) is 0.264. The molecule has 0 aliphatic carbocycles. The predicted molar refractivity (Wildman–Crippen MR) is 12.6 cm³/mol. The molecular formula is C2H3NPt. The maximum atomic E-state index is 3.47. The van der Waals surface area contributed by atoms with E-state index in [-0.39, 0.29) is 0 Å². The van der Waals surface area contributed by atoms with Gasteiger partial charge in [-0.25, -0.2) is 0 Å². The van der Waals surface area contributed by atoms with Crippen LogP contribution in [0.4, 0.5) is 0 Å². The molecule has 0 aliphatic rings. The van der Waals surface area contributed by atoms with Crippen LogP contribution in [0.25, 0.3) is 0 Å². The Hall–Kier alpha value is 0.228. The second kappa shape index (κ2) is 3.23. The molecule has 4 heavy (non-hydrogen) atoms. The molecule has 0 fully saturated rings. The van der Waals surface area contributed by atoms with Crippen LogP contribution in [0.2, 0.25) is 0 Å². The van der Waals surface area contributed by atoms with E-state index in [1.54, 1.807) is 0 Å². The third-order valence-corrected chi connectivity index (χ3v) is 0.473. The van der Waals surface area contributed by atoms with E-state index in [0.29, 0.717) is 0 Å². The summed E-state index contributed by atoms with van der Waals surface area (Å²) in [5.74, 6) is 0. The Labute approximate surface area is 36.5 Å². The van der Waals surface area contributed by atoms with Crippen LogP contribution < -0.4 is 0 Å². The fourth-order valence-electron chi connectivity index (χ4n) is 0. The average molecular weight is 236 g/mol. The Morgan fingerprint density at radius 1 is 2.00 bits per heavy atom. The summed E-state index contributed by atoms with van der Waals surface area (Å²) in [6, 6.07) is 0. The molecular weight excluding hydrogens is 233 g/mol. The Morgan fingerprint density at radius 2 is 2.25 bits per heavy atom. The first-order chi connectivity index (χ1) is 1.91. The minimum atomic E-state index is 1.49. The fraction of sp³-hybridized carbons (Fsp3) is 0. The first-order valence-corrected chi connectivity index (χ1v) is 1.82. The number of hydrogen-bond donors (Lipinski definition) is 0. The van der Waals surface area contributed by atoms with Crippen LogP contribution in [0.15, 0.2) is 16.3 Å². The van der Waals surface area contributed by atoms with Crippen molar-refractivity contribution < 1.29 is 19.6 Å². The number of nitrogens with zero attached hydrogens (tertiary/aromatic N) is 1. The van der Waals surface area contributed by atoms with E-state index < -0.39 is 0 Å². The Morgan fingerprint density at radius 3 is 2.25 bits per heavy atom. The molecule has 0 atom stereocenters. The van der Waals surface area contributed by atoms with Crippen molar-refractivity contribution in [3.63, 3.8) is 0 Å². The molecule has 0 rings (SSSR count). The van der Waals surface area contributed by atoms with Crippen molar-refractivity contribution in [3.8, 4) is 0 Å². The van der Waals surface area contributed by atoms with Gasteiger partial charge in [-0.3, -0.25) is 0 Å². The summed E-state index contributed by atoms with van der Waals surface area (Å²) in [6.07, 6.45) is 1.49. The van der Waals surface area contributed by atoms with Gasteiger partial charge in [0.15, 0.2) is 0 Å². The molecule has 0 spiro atoms. The van der Waals surface area contributed by atoms with Crippen molar-refractivity contribution in [2.45, 2.75) is 0 Å². The van der Waals surface area contributed by atoms with Crippen LogP contribution in [-0.4, -0.2) is 0 Å². The van der Waals surface area contributed by atoms with Gasteiger partial charge in [-0.15, -0.1) is 0 Å². The molecule has 0 aromatic rings. The van der Waals surface area contributed by atoms with Crippen molar-refractivity contribution in [3.05, 3.63) is 12.8 Å². The zero-order valence-corrected chi connectivity index (χ0v) is 4.32. The van der Waals surface area contributed by atoms with Gasteiger partial charge < -0.3 is 0 Å². The second-order valence-corrected chi connectivity index (χ2v) is 0.851. The van der Waals surface area contributed by atoms with Gasteiger partial charge in [-0.05, 0) is 0 Å². The number of hydrogen-bond acceptors (Lipinski definition) is 1. The van der Waals surface area contributed by atoms with E-state index in [4.69, 9.17) is 0 Å². The summed E-state index contributed by atoms with van der Waals surface area (Å²) < 4.78 is 3.47. The zero-order chi connectivity index (χ0) is 3.41. The third-order valence-electron chi connectivity index (χ3n) is 0.0577. The van der Waals surface area contributed by atoms with Crippen molar-refractivity contribution in [1.29, 1.82) is 0 Å². The van der Waals surface area contributed by atoms with Gasteiger partial charge in [-0.2, -0.15) is 0 Å². The molecule has 0 heterocycles. The summed E-state index contributed by atoms with van der Waals surface area (Å²) in [6.45, 7) is 3.31. The first kappa shape index (κ1) is 4.23. The maximum absolute atomic E-state index is 3.47. The monoisotopic (exact) mass is 236 g/mol. The molecule has 0 aromatic carbocycles. The topological polar surface area (TPSA) is 12.4 Å². The van der Waals surface area contributed by atoms with Crippen LogP contribution >= 0.6 is 0 Å². The Bertz CT molecular complexity index is 27.0. The van der Waals surface area contributed by atoms with Crippen molar-refractivity contribution in [2.75, 3.05) is 0 Å². The van der Waals surface area contributed by atoms with E-state index >= 15 is 0 Å². The SMILES string of the molecule is C=C[N]=[Pt]. The van der Waals surface area contributed by atoms with Crippen LogP contribution in [0.1, 0.15) is 0 Å². The summed E-state index contributed by atoms with van der Waals surface area (Å²) in [5.41, 5.74) is 0. The summed E-state index contributed by atoms with van der Waals surface area (Å²) in [4.78, 5) is 0. The fourth-order valence-corrected chi connectivity index (χ4v) is 0. The van der Waals surface area contributed by atoms with E-state index in [2.05, 4.69) is 10.1 Å². The van der Waals surface area contributed by atoms with Gasteiger partial charge in [0.05, 0.1) is 0 Å². The predicted octanol–water partition coefficient (Wildman–Crippen LogP) is 0.860. The van der Waals surface area contributed by atoms with Gasteiger partial charge >= 0.3 is 35.9 Å². The molecule has 0 amide bonds. The Balaban J connectivity index is 2.73. The molecule has 0 bridgehead atoms. The van der Waals surface area contributed by atoms with Gasteiger partial charge in [0.1, 0.15) is 0 Å². The molecule has 0 aromatic heterocycles. The van der Waals surface area contributed by atoms with Crippen molar-refractivity contribution in [2.24, 2.45) is 3.50 Å². The molecule has 0 radical (unpaired) electrons. The van der Waals surface area contributed by atoms with Gasteiger partial charge in [-0.1, -0.05) is 0 Å². The molecule has 0 aliphatic heterocycles. The molecule has 26 valence electrons. The Kier molecular flexibility index (Phi) is 3.41. The summed E-state index contributed by atoms with van der Waals surface area (Å²) >= 11 is 1.85. The van der Waals surface area contributed by atoms with Crippen molar-refractivity contribution >= 4 is 0 Å². The molecule has 2 heteroatoms. The average Bonchev–Trinajstić information content (AvgIpc) is 1.37. The third kappa shape index (κ3) is 2.23.